The maximum absolute atomic E-state index is 13.0. The lowest BCUT2D eigenvalue weighted by molar-refractivity contribution is 0.408. The minimum atomic E-state index is -0.413. The number of hydrogen-bond acceptors (Lipinski definition) is 5. The molecule has 4 aromatic rings. The zero-order chi connectivity index (χ0) is 21.3. The van der Waals surface area contributed by atoms with E-state index in [0.29, 0.717) is 30.2 Å². The van der Waals surface area contributed by atoms with Crippen molar-refractivity contribution in [3.05, 3.63) is 86.6 Å². The summed E-state index contributed by atoms with van der Waals surface area (Å²) in [5.41, 5.74) is 1.88. The van der Waals surface area contributed by atoms with E-state index in [1.165, 1.54) is 11.6 Å². The van der Waals surface area contributed by atoms with Crippen LogP contribution in [0.3, 0.4) is 0 Å². The number of aryl methyl sites for hydroxylation is 1. The lowest BCUT2D eigenvalue weighted by Crippen LogP contribution is -2.37. The van der Waals surface area contributed by atoms with Crippen molar-refractivity contribution in [3.63, 3.8) is 0 Å². The largest absolute Gasteiger partial charge is 0.496 e. The van der Waals surface area contributed by atoms with E-state index in [4.69, 9.17) is 4.74 Å². The van der Waals surface area contributed by atoms with Crippen LogP contribution >= 0.6 is 0 Å². The Bertz CT molecular complexity index is 1320. The van der Waals surface area contributed by atoms with Crippen molar-refractivity contribution in [3.8, 4) is 5.75 Å². The molecule has 0 unspecified atom stereocenters. The highest BCUT2D eigenvalue weighted by Gasteiger charge is 2.20. The molecule has 0 saturated carbocycles. The number of ether oxygens (including phenoxy) is 1. The van der Waals surface area contributed by atoms with Gasteiger partial charge in [-0.05, 0) is 11.6 Å². The molecule has 0 amide bonds. The molecule has 8 nitrogen and oxygen atoms in total. The molecule has 0 fully saturated rings. The summed E-state index contributed by atoms with van der Waals surface area (Å²) in [5, 5.41) is 3.32. The molecule has 1 N–H and O–H groups in total. The average Bonchev–Trinajstić information content (AvgIpc) is 3.14. The number of hydrogen-bond donors (Lipinski definition) is 1. The average molecular weight is 405 g/mol. The molecule has 0 saturated heterocycles. The Kier molecular flexibility index (Phi) is 5.14. The lowest BCUT2D eigenvalue weighted by atomic mass is 10.2. The number of rotatable bonds is 6. The van der Waals surface area contributed by atoms with E-state index in [0.717, 1.165) is 21.4 Å². The van der Waals surface area contributed by atoms with Gasteiger partial charge < -0.3 is 10.1 Å². The van der Waals surface area contributed by atoms with Crippen LogP contribution in [0.2, 0.25) is 0 Å². The molecule has 0 spiro atoms. The Morgan fingerprint density at radius 3 is 2.40 bits per heavy atom. The topological polar surface area (TPSA) is 83.1 Å². The van der Waals surface area contributed by atoms with Gasteiger partial charge in [-0.3, -0.25) is 18.5 Å². The highest BCUT2D eigenvalue weighted by molar-refractivity contribution is 5.74. The minimum Gasteiger partial charge on any atom is -0.496 e. The maximum atomic E-state index is 13.0. The minimum absolute atomic E-state index is 0.341. The van der Waals surface area contributed by atoms with E-state index in [1.807, 2.05) is 54.6 Å². The number of nitrogens with zero attached hydrogens (tertiary/aromatic N) is 4. The second kappa shape index (κ2) is 7.90. The monoisotopic (exact) mass is 405 g/mol. The van der Waals surface area contributed by atoms with Crippen molar-refractivity contribution in [2.24, 2.45) is 14.1 Å². The second-order valence-corrected chi connectivity index (χ2v) is 7.05. The van der Waals surface area contributed by atoms with Crippen molar-refractivity contribution >= 4 is 17.1 Å². The summed E-state index contributed by atoms with van der Waals surface area (Å²) in [5.74, 6) is 1.23. The summed E-state index contributed by atoms with van der Waals surface area (Å²) in [7, 11) is 4.70. The van der Waals surface area contributed by atoms with Crippen LogP contribution in [0.4, 0.5) is 5.95 Å². The Morgan fingerprint density at radius 1 is 0.967 bits per heavy atom. The number of aromatic nitrogens is 4. The summed E-state index contributed by atoms with van der Waals surface area (Å²) in [4.78, 5) is 30.0. The quantitative estimate of drug-likeness (QED) is 0.531. The number of fused-ring (bicyclic) bond motifs is 1. The van der Waals surface area contributed by atoms with Gasteiger partial charge in [0.2, 0.25) is 5.95 Å². The van der Waals surface area contributed by atoms with Crippen LogP contribution in [0.25, 0.3) is 11.2 Å². The molecule has 0 aliphatic carbocycles. The number of methoxy groups -OCH3 is 1. The van der Waals surface area contributed by atoms with E-state index in [-0.39, 0.29) is 5.56 Å². The highest BCUT2D eigenvalue weighted by Crippen LogP contribution is 2.23. The first-order valence-electron chi connectivity index (χ1n) is 9.57. The molecular weight excluding hydrogens is 382 g/mol. The van der Waals surface area contributed by atoms with E-state index < -0.39 is 5.69 Å². The first-order chi connectivity index (χ1) is 14.5. The third kappa shape index (κ3) is 3.36. The van der Waals surface area contributed by atoms with Gasteiger partial charge >= 0.3 is 5.69 Å². The van der Waals surface area contributed by atoms with E-state index in [1.54, 1.807) is 18.7 Å². The summed E-state index contributed by atoms with van der Waals surface area (Å²) >= 11 is 0. The molecule has 154 valence electrons. The fourth-order valence-corrected chi connectivity index (χ4v) is 3.52. The third-order valence-electron chi connectivity index (χ3n) is 5.16. The van der Waals surface area contributed by atoms with Crippen LogP contribution in [-0.2, 0) is 27.2 Å². The molecule has 2 heterocycles. The SMILES string of the molecule is COc1ccccc1Cn1c(NCc2ccccc2)nc2c1c(=O)n(C)c(=O)n2C. The first kappa shape index (κ1) is 19.5. The lowest BCUT2D eigenvalue weighted by Gasteiger charge is -2.13. The molecule has 0 aliphatic heterocycles. The van der Waals surface area contributed by atoms with Crippen molar-refractivity contribution in [1.82, 2.24) is 18.7 Å². The Labute approximate surface area is 173 Å². The standard InChI is InChI=1S/C22H23N5O3/c1-25-19-18(20(28)26(2)22(25)29)27(14-16-11-7-8-12-17(16)30-3)21(24-19)23-13-15-9-5-4-6-10-15/h4-12H,13-14H2,1-3H3,(H,23,24). The third-order valence-corrected chi connectivity index (χ3v) is 5.16. The summed E-state index contributed by atoms with van der Waals surface area (Å²) in [6.45, 7) is 0.898. The molecule has 0 aliphatic rings. The highest BCUT2D eigenvalue weighted by atomic mass is 16.5. The van der Waals surface area contributed by atoms with E-state index >= 15 is 0 Å². The van der Waals surface area contributed by atoms with Crippen molar-refractivity contribution in [2.45, 2.75) is 13.1 Å². The van der Waals surface area contributed by atoms with Crippen LogP contribution in [0.5, 0.6) is 5.75 Å². The van der Waals surface area contributed by atoms with Gasteiger partial charge in [-0.25, -0.2) is 4.79 Å². The summed E-state index contributed by atoms with van der Waals surface area (Å²) in [6.07, 6.45) is 0. The molecule has 0 bridgehead atoms. The fourth-order valence-electron chi connectivity index (χ4n) is 3.52. The van der Waals surface area contributed by atoms with Crippen LogP contribution < -0.4 is 21.3 Å². The van der Waals surface area contributed by atoms with Gasteiger partial charge in [-0.2, -0.15) is 4.98 Å². The number of imidazole rings is 1. The van der Waals surface area contributed by atoms with Gasteiger partial charge in [-0.1, -0.05) is 48.5 Å². The van der Waals surface area contributed by atoms with Crippen LogP contribution in [-0.4, -0.2) is 25.8 Å². The molecule has 0 atom stereocenters. The Hall–Kier alpha value is -3.81. The van der Waals surface area contributed by atoms with Gasteiger partial charge in [-0.15, -0.1) is 0 Å². The predicted octanol–water partition coefficient (Wildman–Crippen LogP) is 2.10. The molecule has 4 rings (SSSR count). The molecule has 2 aromatic heterocycles. The van der Waals surface area contributed by atoms with Gasteiger partial charge in [0.15, 0.2) is 11.2 Å². The zero-order valence-electron chi connectivity index (χ0n) is 17.1. The van der Waals surface area contributed by atoms with E-state index in [2.05, 4.69) is 10.3 Å². The number of anilines is 1. The number of benzene rings is 2. The molecule has 2 aromatic carbocycles. The molecule has 8 heteroatoms. The first-order valence-corrected chi connectivity index (χ1v) is 9.57. The van der Waals surface area contributed by atoms with Crippen LogP contribution in [0.1, 0.15) is 11.1 Å². The normalized spacial score (nSPS) is 11.0. The van der Waals surface area contributed by atoms with Crippen molar-refractivity contribution in [1.29, 1.82) is 0 Å². The molecule has 30 heavy (non-hydrogen) atoms. The smallest absolute Gasteiger partial charge is 0.332 e. The van der Waals surface area contributed by atoms with Crippen molar-refractivity contribution < 1.29 is 4.74 Å². The summed E-state index contributed by atoms with van der Waals surface area (Å²) in [6, 6.07) is 17.5. The molecule has 0 radical (unpaired) electrons. The van der Waals surface area contributed by atoms with Gasteiger partial charge in [0.05, 0.1) is 13.7 Å². The van der Waals surface area contributed by atoms with Crippen LogP contribution in [0.15, 0.2) is 64.2 Å². The summed E-state index contributed by atoms with van der Waals surface area (Å²) < 4.78 is 9.78. The second-order valence-electron chi connectivity index (χ2n) is 7.05. The van der Waals surface area contributed by atoms with Crippen molar-refractivity contribution in [2.75, 3.05) is 12.4 Å². The zero-order valence-corrected chi connectivity index (χ0v) is 17.1. The Balaban J connectivity index is 1.88. The molecular formula is C22H23N5O3. The number of para-hydroxylation sites is 1. The fraction of sp³-hybridized carbons (Fsp3) is 0.227. The van der Waals surface area contributed by atoms with E-state index in [9.17, 15) is 9.59 Å². The predicted molar refractivity (Wildman–Crippen MR) is 116 cm³/mol. The van der Waals surface area contributed by atoms with Gasteiger partial charge in [0.1, 0.15) is 5.75 Å². The van der Waals surface area contributed by atoms with Crippen LogP contribution in [0, 0.1) is 0 Å². The van der Waals surface area contributed by atoms with Gasteiger partial charge in [0, 0.05) is 26.2 Å². The van der Waals surface area contributed by atoms with Gasteiger partial charge in [0.25, 0.3) is 5.56 Å². The number of nitrogens with one attached hydrogen (secondary N) is 1. The Morgan fingerprint density at radius 2 is 1.67 bits per heavy atom. The maximum Gasteiger partial charge on any atom is 0.332 e.